The van der Waals surface area contributed by atoms with E-state index in [1.807, 2.05) is 0 Å². The van der Waals surface area contributed by atoms with Crippen molar-refractivity contribution in [2.75, 3.05) is 6.54 Å². The van der Waals surface area contributed by atoms with Gasteiger partial charge in [-0.2, -0.15) is 0 Å². The molecule has 68 valence electrons. The average molecular weight is 208 g/mol. The Morgan fingerprint density at radius 1 is 1.67 bits per heavy atom. The van der Waals surface area contributed by atoms with Crippen molar-refractivity contribution in [3.05, 3.63) is 12.7 Å². The van der Waals surface area contributed by atoms with Gasteiger partial charge in [-0.25, -0.2) is 0 Å². The summed E-state index contributed by atoms with van der Waals surface area (Å²) in [5.74, 6) is -0.208. The number of carbonyl (C=O) groups is 1. The summed E-state index contributed by atoms with van der Waals surface area (Å²) >= 11 is 10.9. The lowest BCUT2D eigenvalue weighted by atomic mass is 10.2. The highest BCUT2D eigenvalue weighted by Gasteiger charge is 2.29. The molecule has 1 rings (SSSR count). The summed E-state index contributed by atoms with van der Waals surface area (Å²) in [6.07, 6.45) is 3.74. The lowest BCUT2D eigenvalue weighted by Gasteiger charge is -2.22. The Balaban J connectivity index is 2.61. The van der Waals surface area contributed by atoms with E-state index in [0.29, 0.717) is 0 Å². The van der Waals surface area contributed by atoms with Crippen molar-refractivity contribution in [1.82, 2.24) is 4.90 Å². The Hall–Kier alpha value is -0.210. The maximum absolute atomic E-state index is 11.3. The molecule has 0 aromatic rings. The van der Waals surface area contributed by atoms with E-state index in [0.717, 1.165) is 19.4 Å². The molecule has 1 aliphatic heterocycles. The third-order valence-electron chi connectivity index (χ3n) is 2.04. The van der Waals surface area contributed by atoms with Crippen molar-refractivity contribution in [2.24, 2.45) is 0 Å². The molecule has 0 bridgehead atoms. The summed E-state index contributed by atoms with van der Waals surface area (Å²) in [6, 6.07) is 0.123. The van der Waals surface area contributed by atoms with E-state index in [1.54, 1.807) is 11.0 Å². The number of hydrogen-bond acceptors (Lipinski definition) is 1. The fraction of sp³-hybridized carbons (Fsp3) is 0.625. The summed E-state index contributed by atoms with van der Waals surface area (Å²) in [5.41, 5.74) is 0. The fourth-order valence-electron chi connectivity index (χ4n) is 1.44. The molecule has 1 fully saturated rings. The van der Waals surface area contributed by atoms with Crippen LogP contribution >= 0.6 is 23.2 Å². The number of likely N-dealkylation sites (tertiary alicyclic amines) is 1. The van der Waals surface area contributed by atoms with Gasteiger partial charge in [0, 0.05) is 12.6 Å². The van der Waals surface area contributed by atoms with Gasteiger partial charge >= 0.3 is 0 Å². The highest BCUT2D eigenvalue weighted by molar-refractivity contribution is 6.53. The molecule has 0 spiro atoms. The summed E-state index contributed by atoms with van der Waals surface area (Å²) in [7, 11) is 0. The van der Waals surface area contributed by atoms with Crippen LogP contribution in [0.5, 0.6) is 0 Å². The second-order valence-corrected chi connectivity index (χ2v) is 3.87. The average Bonchev–Trinajstić information content (AvgIpc) is 2.49. The molecule has 0 aromatic carbocycles. The largest absolute Gasteiger partial charge is 0.334 e. The molecule has 0 saturated carbocycles. The predicted molar refractivity (Wildman–Crippen MR) is 50.4 cm³/mol. The smallest absolute Gasteiger partial charge is 0.256 e. The van der Waals surface area contributed by atoms with Crippen molar-refractivity contribution in [2.45, 2.75) is 23.7 Å². The van der Waals surface area contributed by atoms with Gasteiger partial charge < -0.3 is 4.90 Å². The number of amides is 1. The van der Waals surface area contributed by atoms with Gasteiger partial charge in [0.2, 0.25) is 0 Å². The minimum absolute atomic E-state index is 0.123. The van der Waals surface area contributed by atoms with Crippen LogP contribution in [0.1, 0.15) is 12.8 Å². The van der Waals surface area contributed by atoms with Crippen LogP contribution < -0.4 is 0 Å². The number of halogens is 2. The van der Waals surface area contributed by atoms with Crippen molar-refractivity contribution in [1.29, 1.82) is 0 Å². The van der Waals surface area contributed by atoms with Gasteiger partial charge in [0.25, 0.3) is 5.91 Å². The second kappa shape index (κ2) is 4.15. The number of rotatable bonds is 2. The van der Waals surface area contributed by atoms with E-state index >= 15 is 0 Å². The molecule has 1 amide bonds. The Labute approximate surface area is 82.1 Å². The van der Waals surface area contributed by atoms with Crippen molar-refractivity contribution < 1.29 is 4.79 Å². The number of alkyl halides is 2. The van der Waals surface area contributed by atoms with Crippen LogP contribution in [0.15, 0.2) is 12.7 Å². The molecular formula is C8H11Cl2NO. The van der Waals surface area contributed by atoms with Crippen LogP contribution in [0, 0.1) is 0 Å². The predicted octanol–water partition coefficient (Wildman–Crippen LogP) is 1.97. The molecular weight excluding hydrogens is 197 g/mol. The van der Waals surface area contributed by atoms with Gasteiger partial charge in [0.15, 0.2) is 4.84 Å². The Morgan fingerprint density at radius 3 is 2.83 bits per heavy atom. The Kier molecular flexibility index (Phi) is 3.41. The van der Waals surface area contributed by atoms with Crippen molar-refractivity contribution in [3.63, 3.8) is 0 Å². The van der Waals surface area contributed by atoms with Crippen LogP contribution in [-0.2, 0) is 4.79 Å². The minimum Gasteiger partial charge on any atom is -0.334 e. The van der Waals surface area contributed by atoms with Crippen LogP contribution in [0.4, 0.5) is 0 Å². The van der Waals surface area contributed by atoms with Gasteiger partial charge in [-0.05, 0) is 12.8 Å². The van der Waals surface area contributed by atoms with E-state index in [9.17, 15) is 4.79 Å². The van der Waals surface area contributed by atoms with Gasteiger partial charge in [0.05, 0.1) is 0 Å². The zero-order chi connectivity index (χ0) is 9.14. The Morgan fingerprint density at radius 2 is 2.33 bits per heavy atom. The molecule has 1 heterocycles. The fourth-order valence-corrected chi connectivity index (χ4v) is 1.69. The van der Waals surface area contributed by atoms with E-state index in [1.165, 1.54) is 0 Å². The molecule has 0 radical (unpaired) electrons. The molecule has 0 aliphatic carbocycles. The molecule has 1 aliphatic rings. The summed E-state index contributed by atoms with van der Waals surface area (Å²) in [5, 5.41) is 0. The molecule has 1 saturated heterocycles. The van der Waals surface area contributed by atoms with Crippen molar-refractivity contribution >= 4 is 29.1 Å². The van der Waals surface area contributed by atoms with E-state index < -0.39 is 4.84 Å². The minimum atomic E-state index is -0.939. The first-order chi connectivity index (χ1) is 5.66. The maximum atomic E-state index is 11.3. The number of hydrogen-bond donors (Lipinski definition) is 0. The lowest BCUT2D eigenvalue weighted by Crippen LogP contribution is -2.37. The van der Waals surface area contributed by atoms with E-state index in [-0.39, 0.29) is 11.9 Å². The van der Waals surface area contributed by atoms with Crippen LogP contribution in [0.2, 0.25) is 0 Å². The third kappa shape index (κ3) is 1.93. The van der Waals surface area contributed by atoms with Crippen LogP contribution in [0.25, 0.3) is 0 Å². The summed E-state index contributed by atoms with van der Waals surface area (Å²) < 4.78 is 0. The van der Waals surface area contributed by atoms with Gasteiger partial charge in [-0.15, -0.1) is 6.58 Å². The van der Waals surface area contributed by atoms with Gasteiger partial charge in [-0.3, -0.25) is 4.79 Å². The first-order valence-electron chi connectivity index (χ1n) is 3.88. The molecule has 4 heteroatoms. The van der Waals surface area contributed by atoms with Gasteiger partial charge in [-0.1, -0.05) is 29.3 Å². The SMILES string of the molecule is C=C[C@@H]1CCCN1C(=O)C(Cl)Cl. The third-order valence-corrected chi connectivity index (χ3v) is 2.41. The highest BCUT2D eigenvalue weighted by atomic mass is 35.5. The topological polar surface area (TPSA) is 20.3 Å². The highest BCUT2D eigenvalue weighted by Crippen LogP contribution is 2.20. The quantitative estimate of drug-likeness (QED) is 0.501. The lowest BCUT2D eigenvalue weighted by molar-refractivity contribution is -0.129. The Bertz CT molecular complexity index is 193. The van der Waals surface area contributed by atoms with Gasteiger partial charge in [0.1, 0.15) is 0 Å². The standard InChI is InChI=1S/C8H11Cl2NO/c1-2-6-4-3-5-11(6)8(12)7(9)10/h2,6-7H,1,3-5H2/t6-/m1/s1. The summed E-state index contributed by atoms with van der Waals surface area (Å²) in [6.45, 7) is 4.40. The number of carbonyl (C=O) groups excluding carboxylic acids is 1. The summed E-state index contributed by atoms with van der Waals surface area (Å²) in [4.78, 5) is 12.1. The van der Waals surface area contributed by atoms with Crippen molar-refractivity contribution in [3.8, 4) is 0 Å². The van der Waals surface area contributed by atoms with E-state index in [2.05, 4.69) is 6.58 Å². The molecule has 2 nitrogen and oxygen atoms in total. The molecule has 1 atom stereocenters. The monoisotopic (exact) mass is 207 g/mol. The van der Waals surface area contributed by atoms with Crippen LogP contribution in [-0.4, -0.2) is 28.2 Å². The maximum Gasteiger partial charge on any atom is 0.256 e. The normalized spacial score (nSPS) is 23.2. The van der Waals surface area contributed by atoms with E-state index in [4.69, 9.17) is 23.2 Å². The molecule has 0 aromatic heterocycles. The zero-order valence-corrected chi connectivity index (χ0v) is 8.18. The molecule has 0 unspecified atom stereocenters. The second-order valence-electron chi connectivity index (χ2n) is 2.78. The zero-order valence-electron chi connectivity index (χ0n) is 6.67. The number of nitrogens with zero attached hydrogens (tertiary/aromatic N) is 1. The van der Waals surface area contributed by atoms with Crippen LogP contribution in [0.3, 0.4) is 0 Å². The first kappa shape index (κ1) is 9.87. The first-order valence-corrected chi connectivity index (χ1v) is 4.75. The molecule has 12 heavy (non-hydrogen) atoms. The molecule has 0 N–H and O–H groups in total.